The summed E-state index contributed by atoms with van der Waals surface area (Å²) in [6, 6.07) is 15.3. The van der Waals surface area contributed by atoms with Gasteiger partial charge in [0.1, 0.15) is 6.61 Å². The number of amides is 1. The summed E-state index contributed by atoms with van der Waals surface area (Å²) < 4.78 is 12.4. The van der Waals surface area contributed by atoms with Gasteiger partial charge in [0.2, 0.25) is 0 Å². The third-order valence-corrected chi connectivity index (χ3v) is 7.15. The van der Waals surface area contributed by atoms with E-state index in [9.17, 15) is 14.9 Å². The summed E-state index contributed by atoms with van der Waals surface area (Å²) in [6.45, 7) is 4.23. The van der Waals surface area contributed by atoms with E-state index in [0.29, 0.717) is 48.9 Å². The largest absolute Gasteiger partial charge is 0.490 e. The van der Waals surface area contributed by atoms with Crippen molar-refractivity contribution < 1.29 is 19.2 Å². The van der Waals surface area contributed by atoms with Gasteiger partial charge >= 0.3 is 0 Å². The van der Waals surface area contributed by atoms with Gasteiger partial charge in [0.05, 0.1) is 26.6 Å². The van der Waals surface area contributed by atoms with E-state index in [4.69, 9.17) is 21.1 Å². The molecule has 4 rings (SSSR count). The minimum atomic E-state index is -0.448. The third kappa shape index (κ3) is 6.51. The van der Waals surface area contributed by atoms with Gasteiger partial charge in [-0.1, -0.05) is 29.8 Å². The standard InChI is InChI=1S/C26H21BrClN3O5S/c1-3-35-22-12-17(11-19(27)24(22)36-14-16-6-4-7-18(10-16)31(33)34)13-23-25(32)30-26(37-23)29-21-9-5-8-20(28)15(21)2/h4-13H,3,14H2,1-2H3,(H,29,30,32)/b23-13+. The van der Waals surface area contributed by atoms with Crippen molar-refractivity contribution in [2.75, 3.05) is 6.61 Å². The van der Waals surface area contributed by atoms with Crippen LogP contribution >= 0.6 is 39.3 Å². The monoisotopic (exact) mass is 601 g/mol. The van der Waals surface area contributed by atoms with Crippen LogP contribution < -0.4 is 14.8 Å². The van der Waals surface area contributed by atoms with Gasteiger partial charge in [-0.3, -0.25) is 14.9 Å². The Morgan fingerprint density at radius 3 is 2.73 bits per heavy atom. The van der Waals surface area contributed by atoms with Crippen LogP contribution in [0.5, 0.6) is 11.5 Å². The maximum absolute atomic E-state index is 12.6. The average Bonchev–Trinajstić information content (AvgIpc) is 3.20. The second-order valence-corrected chi connectivity index (χ2v) is 10.1. The van der Waals surface area contributed by atoms with Crippen molar-refractivity contribution in [3.63, 3.8) is 0 Å². The number of nitrogens with one attached hydrogen (secondary N) is 1. The van der Waals surface area contributed by atoms with Gasteiger partial charge in [-0.25, -0.2) is 4.99 Å². The number of aliphatic imine (C=N–C) groups is 1. The van der Waals surface area contributed by atoms with Crippen LogP contribution in [0.1, 0.15) is 23.6 Å². The molecule has 0 radical (unpaired) electrons. The second-order valence-electron chi connectivity index (χ2n) is 7.84. The minimum absolute atomic E-state index is 0.00654. The number of nitro benzene ring substituents is 1. The molecule has 37 heavy (non-hydrogen) atoms. The van der Waals surface area contributed by atoms with Crippen LogP contribution in [0.4, 0.5) is 11.4 Å². The lowest BCUT2D eigenvalue weighted by atomic mass is 10.1. The first-order valence-electron chi connectivity index (χ1n) is 11.1. The molecule has 1 aliphatic heterocycles. The summed E-state index contributed by atoms with van der Waals surface area (Å²) in [5.74, 6) is 0.669. The SMILES string of the molecule is CCOc1cc(/C=C2/SC(=Nc3cccc(Cl)c3C)NC2=O)cc(Br)c1OCc1cccc([N+](=O)[O-])c1. The van der Waals surface area contributed by atoms with Crippen molar-refractivity contribution in [3.8, 4) is 11.5 Å². The maximum atomic E-state index is 12.6. The molecule has 3 aromatic rings. The van der Waals surface area contributed by atoms with Crippen LogP contribution in [-0.2, 0) is 11.4 Å². The highest BCUT2D eigenvalue weighted by Gasteiger charge is 2.24. The predicted octanol–water partition coefficient (Wildman–Crippen LogP) is 7.19. The number of nitrogens with zero attached hydrogens (tertiary/aromatic N) is 2. The molecule has 190 valence electrons. The van der Waals surface area contributed by atoms with Crippen LogP contribution in [-0.4, -0.2) is 22.6 Å². The van der Waals surface area contributed by atoms with E-state index in [-0.39, 0.29) is 18.2 Å². The second kappa shape index (κ2) is 11.8. The molecule has 11 heteroatoms. The number of thioether (sulfide) groups is 1. The summed E-state index contributed by atoms with van der Waals surface area (Å²) in [4.78, 5) is 28.2. The van der Waals surface area contributed by atoms with Gasteiger partial charge in [0.15, 0.2) is 16.7 Å². The summed E-state index contributed by atoms with van der Waals surface area (Å²) in [7, 11) is 0. The zero-order valence-electron chi connectivity index (χ0n) is 19.8. The van der Waals surface area contributed by atoms with Gasteiger partial charge in [0, 0.05) is 17.2 Å². The third-order valence-electron chi connectivity index (χ3n) is 5.25. The molecule has 0 aromatic heterocycles. The molecule has 1 saturated heterocycles. The Kier molecular flexibility index (Phi) is 8.52. The number of nitro groups is 1. The first kappa shape index (κ1) is 26.7. The fraction of sp³-hybridized carbons (Fsp3) is 0.154. The number of amidine groups is 1. The van der Waals surface area contributed by atoms with Crippen molar-refractivity contribution in [2.45, 2.75) is 20.5 Å². The highest BCUT2D eigenvalue weighted by Crippen LogP contribution is 2.39. The fourth-order valence-electron chi connectivity index (χ4n) is 3.45. The van der Waals surface area contributed by atoms with E-state index in [1.165, 1.54) is 23.9 Å². The number of halogens is 2. The number of hydrogen-bond donors (Lipinski definition) is 1. The Balaban J connectivity index is 1.57. The number of rotatable bonds is 8. The summed E-state index contributed by atoms with van der Waals surface area (Å²) in [6.07, 6.45) is 1.74. The molecular formula is C26H21BrClN3O5S. The molecule has 0 bridgehead atoms. The Hall–Kier alpha value is -3.34. The van der Waals surface area contributed by atoms with Crippen molar-refractivity contribution in [3.05, 3.63) is 95.8 Å². The van der Waals surface area contributed by atoms with E-state index in [1.807, 2.05) is 32.0 Å². The maximum Gasteiger partial charge on any atom is 0.269 e. The molecule has 1 heterocycles. The van der Waals surface area contributed by atoms with Gasteiger partial charge < -0.3 is 14.8 Å². The molecule has 3 aromatic carbocycles. The van der Waals surface area contributed by atoms with E-state index >= 15 is 0 Å². The Labute approximate surface area is 231 Å². The number of carbonyl (C=O) groups is 1. The van der Waals surface area contributed by atoms with Crippen LogP contribution in [0.15, 0.2) is 69.0 Å². The van der Waals surface area contributed by atoms with E-state index in [0.717, 1.165) is 11.1 Å². The van der Waals surface area contributed by atoms with Crippen molar-refractivity contribution in [2.24, 2.45) is 4.99 Å². The molecule has 0 saturated carbocycles. The lowest BCUT2D eigenvalue weighted by Gasteiger charge is -2.15. The van der Waals surface area contributed by atoms with E-state index in [1.54, 1.807) is 30.3 Å². The number of ether oxygens (including phenoxy) is 2. The van der Waals surface area contributed by atoms with E-state index < -0.39 is 4.92 Å². The van der Waals surface area contributed by atoms with E-state index in [2.05, 4.69) is 26.2 Å². The lowest BCUT2D eigenvalue weighted by molar-refractivity contribution is -0.384. The highest BCUT2D eigenvalue weighted by atomic mass is 79.9. The first-order valence-corrected chi connectivity index (χ1v) is 13.1. The summed E-state index contributed by atoms with van der Waals surface area (Å²) in [5, 5.41) is 14.9. The smallest absolute Gasteiger partial charge is 0.269 e. The van der Waals surface area contributed by atoms with Gasteiger partial charge in [-0.2, -0.15) is 0 Å². The quantitative estimate of drug-likeness (QED) is 0.166. The van der Waals surface area contributed by atoms with Crippen LogP contribution in [0, 0.1) is 17.0 Å². The fourth-order valence-corrected chi connectivity index (χ4v) is 5.03. The average molecular weight is 603 g/mol. The number of benzene rings is 3. The van der Waals surface area contributed by atoms with Crippen molar-refractivity contribution in [1.82, 2.24) is 5.32 Å². The predicted molar refractivity (Wildman–Crippen MR) is 150 cm³/mol. The first-order chi connectivity index (χ1) is 17.7. The van der Waals surface area contributed by atoms with Crippen LogP contribution in [0.2, 0.25) is 5.02 Å². The topological polar surface area (TPSA) is 103 Å². The molecule has 0 aliphatic carbocycles. The normalized spacial score (nSPS) is 15.2. The van der Waals surface area contributed by atoms with Gasteiger partial charge in [-0.15, -0.1) is 0 Å². The van der Waals surface area contributed by atoms with Gasteiger partial charge in [0.25, 0.3) is 11.6 Å². The molecule has 1 N–H and O–H groups in total. The number of hydrogen-bond acceptors (Lipinski definition) is 7. The molecule has 1 aliphatic rings. The van der Waals surface area contributed by atoms with Crippen molar-refractivity contribution in [1.29, 1.82) is 0 Å². The zero-order chi connectivity index (χ0) is 26.5. The number of carbonyl (C=O) groups excluding carboxylic acids is 1. The minimum Gasteiger partial charge on any atom is -0.490 e. The molecule has 1 fully saturated rings. The zero-order valence-corrected chi connectivity index (χ0v) is 22.9. The van der Waals surface area contributed by atoms with Crippen LogP contribution in [0.25, 0.3) is 6.08 Å². The molecule has 0 spiro atoms. The molecule has 0 atom stereocenters. The highest BCUT2D eigenvalue weighted by molar-refractivity contribution is 9.10. The molecule has 8 nitrogen and oxygen atoms in total. The van der Waals surface area contributed by atoms with Crippen LogP contribution in [0.3, 0.4) is 0 Å². The molecular weight excluding hydrogens is 582 g/mol. The Bertz CT molecular complexity index is 1440. The van der Waals surface area contributed by atoms with Gasteiger partial charge in [-0.05, 0) is 88.6 Å². The summed E-state index contributed by atoms with van der Waals surface area (Å²) >= 11 is 10.9. The molecule has 1 amide bonds. The Morgan fingerprint density at radius 2 is 1.97 bits per heavy atom. The number of non-ortho nitro benzene ring substituents is 1. The lowest BCUT2D eigenvalue weighted by Crippen LogP contribution is -2.19. The summed E-state index contributed by atoms with van der Waals surface area (Å²) in [5.41, 5.74) is 2.87. The Morgan fingerprint density at radius 1 is 1.19 bits per heavy atom. The molecule has 0 unspecified atom stereocenters. The van der Waals surface area contributed by atoms with Crippen molar-refractivity contribution >= 4 is 67.8 Å².